The zero-order valence-electron chi connectivity index (χ0n) is 13.2. The van der Waals surface area contributed by atoms with Crippen LogP contribution in [-0.4, -0.2) is 58.7 Å². The van der Waals surface area contributed by atoms with E-state index < -0.39 is 10.0 Å². The number of hydrogen-bond donors (Lipinski definition) is 1. The van der Waals surface area contributed by atoms with Crippen LogP contribution in [0.3, 0.4) is 0 Å². The van der Waals surface area contributed by atoms with Crippen LogP contribution in [0.4, 0.5) is 5.69 Å². The number of anilines is 1. The second-order valence-electron chi connectivity index (χ2n) is 5.83. The van der Waals surface area contributed by atoms with Crippen LogP contribution in [0, 0.1) is 0 Å². The molecule has 0 atom stereocenters. The summed E-state index contributed by atoms with van der Waals surface area (Å²) in [7, 11) is 0.212. The van der Waals surface area contributed by atoms with Crippen LogP contribution in [0.5, 0.6) is 0 Å². The Morgan fingerprint density at radius 1 is 1.32 bits per heavy atom. The molecule has 0 saturated carbocycles. The standard InChI is InChI=1S/C15H23N3O3S/c1-17-9-7-13(8-10-17)16-15(19)12-5-4-6-14(11-12)18(2)22(3,20)21/h4-6,11,13H,7-10H2,1-3H3,(H,16,19). The van der Waals surface area contributed by atoms with Crippen LogP contribution in [0.25, 0.3) is 0 Å². The smallest absolute Gasteiger partial charge is 0.251 e. The zero-order valence-corrected chi connectivity index (χ0v) is 14.1. The molecule has 22 heavy (non-hydrogen) atoms. The number of benzene rings is 1. The molecule has 122 valence electrons. The Balaban J connectivity index is 2.07. The first-order chi connectivity index (χ1) is 10.3. The van der Waals surface area contributed by atoms with Crippen molar-refractivity contribution in [2.75, 3.05) is 37.7 Å². The van der Waals surface area contributed by atoms with Crippen molar-refractivity contribution in [1.82, 2.24) is 10.2 Å². The third-order valence-corrected chi connectivity index (χ3v) is 5.23. The molecule has 0 radical (unpaired) electrons. The fourth-order valence-electron chi connectivity index (χ4n) is 2.46. The van der Waals surface area contributed by atoms with E-state index in [1.807, 2.05) is 0 Å². The molecular formula is C15H23N3O3S. The van der Waals surface area contributed by atoms with Crippen molar-refractivity contribution >= 4 is 21.6 Å². The van der Waals surface area contributed by atoms with E-state index >= 15 is 0 Å². The van der Waals surface area contributed by atoms with Gasteiger partial charge in [0.2, 0.25) is 10.0 Å². The van der Waals surface area contributed by atoms with Gasteiger partial charge in [-0.1, -0.05) is 6.07 Å². The van der Waals surface area contributed by atoms with E-state index in [9.17, 15) is 13.2 Å². The number of amides is 1. The average molecular weight is 325 g/mol. The number of sulfonamides is 1. The molecule has 1 N–H and O–H groups in total. The number of carbonyl (C=O) groups is 1. The number of nitrogens with one attached hydrogen (secondary N) is 1. The van der Waals surface area contributed by atoms with Gasteiger partial charge in [0.25, 0.3) is 5.91 Å². The largest absolute Gasteiger partial charge is 0.349 e. The maximum absolute atomic E-state index is 12.3. The number of hydrogen-bond acceptors (Lipinski definition) is 4. The van der Waals surface area contributed by atoms with Crippen molar-refractivity contribution in [2.45, 2.75) is 18.9 Å². The van der Waals surface area contributed by atoms with Crippen molar-refractivity contribution in [2.24, 2.45) is 0 Å². The molecule has 1 aromatic carbocycles. The van der Waals surface area contributed by atoms with E-state index in [0.717, 1.165) is 32.2 Å². The summed E-state index contributed by atoms with van der Waals surface area (Å²) in [4.78, 5) is 14.6. The summed E-state index contributed by atoms with van der Waals surface area (Å²) >= 11 is 0. The molecule has 0 bridgehead atoms. The minimum Gasteiger partial charge on any atom is -0.349 e. The van der Waals surface area contributed by atoms with Gasteiger partial charge in [-0.15, -0.1) is 0 Å². The van der Waals surface area contributed by atoms with Gasteiger partial charge in [-0.25, -0.2) is 8.42 Å². The molecule has 0 spiro atoms. The van der Waals surface area contributed by atoms with E-state index in [1.165, 1.54) is 11.4 Å². The first-order valence-corrected chi connectivity index (χ1v) is 9.15. The zero-order chi connectivity index (χ0) is 16.3. The van der Waals surface area contributed by atoms with Crippen molar-refractivity contribution < 1.29 is 13.2 Å². The summed E-state index contributed by atoms with van der Waals surface area (Å²) in [6.45, 7) is 1.95. The van der Waals surface area contributed by atoms with Crippen molar-refractivity contribution in [3.8, 4) is 0 Å². The summed E-state index contributed by atoms with van der Waals surface area (Å²) in [6.07, 6.45) is 3.01. The first-order valence-electron chi connectivity index (χ1n) is 7.31. The van der Waals surface area contributed by atoms with E-state index in [-0.39, 0.29) is 11.9 Å². The minimum absolute atomic E-state index is 0.154. The Morgan fingerprint density at radius 3 is 2.55 bits per heavy atom. The van der Waals surface area contributed by atoms with Crippen LogP contribution in [0.15, 0.2) is 24.3 Å². The lowest BCUT2D eigenvalue weighted by atomic mass is 10.0. The van der Waals surface area contributed by atoms with Gasteiger partial charge >= 0.3 is 0 Å². The second kappa shape index (κ2) is 6.66. The Labute approximate surface area is 132 Å². The summed E-state index contributed by atoms with van der Waals surface area (Å²) in [5, 5.41) is 3.03. The van der Waals surface area contributed by atoms with Crippen LogP contribution < -0.4 is 9.62 Å². The molecule has 1 amide bonds. The van der Waals surface area contributed by atoms with E-state index in [0.29, 0.717) is 11.3 Å². The van der Waals surface area contributed by atoms with Gasteiger partial charge < -0.3 is 10.2 Å². The van der Waals surface area contributed by atoms with Gasteiger partial charge in [-0.3, -0.25) is 9.10 Å². The van der Waals surface area contributed by atoms with Gasteiger partial charge in [0, 0.05) is 18.7 Å². The topological polar surface area (TPSA) is 69.7 Å². The predicted molar refractivity (Wildman–Crippen MR) is 87.7 cm³/mol. The molecule has 1 heterocycles. The Hall–Kier alpha value is -1.60. The maximum atomic E-state index is 12.3. The number of rotatable bonds is 4. The van der Waals surface area contributed by atoms with E-state index in [2.05, 4.69) is 17.3 Å². The summed E-state index contributed by atoms with van der Waals surface area (Å²) in [5.74, 6) is -0.154. The van der Waals surface area contributed by atoms with Gasteiger partial charge in [0.1, 0.15) is 0 Å². The Kier molecular flexibility index (Phi) is 5.08. The van der Waals surface area contributed by atoms with Gasteiger partial charge in [0.15, 0.2) is 0 Å². The molecule has 1 aromatic rings. The van der Waals surface area contributed by atoms with Crippen LogP contribution in [-0.2, 0) is 10.0 Å². The molecule has 0 aliphatic carbocycles. The highest BCUT2D eigenvalue weighted by Crippen LogP contribution is 2.18. The third-order valence-electron chi connectivity index (χ3n) is 4.02. The number of carbonyl (C=O) groups excluding carboxylic acids is 1. The predicted octanol–water partition coefficient (Wildman–Crippen LogP) is 0.906. The molecule has 1 aliphatic rings. The lowest BCUT2D eigenvalue weighted by Gasteiger charge is -2.29. The molecule has 0 aromatic heterocycles. The monoisotopic (exact) mass is 325 g/mol. The average Bonchev–Trinajstić information content (AvgIpc) is 2.48. The number of piperidine rings is 1. The molecule has 1 aliphatic heterocycles. The van der Waals surface area contributed by atoms with Gasteiger partial charge in [0.05, 0.1) is 11.9 Å². The highest BCUT2D eigenvalue weighted by atomic mass is 32.2. The fourth-order valence-corrected chi connectivity index (χ4v) is 2.95. The Morgan fingerprint density at radius 2 is 1.95 bits per heavy atom. The lowest BCUT2D eigenvalue weighted by Crippen LogP contribution is -2.43. The van der Waals surface area contributed by atoms with Crippen LogP contribution in [0.2, 0.25) is 0 Å². The quantitative estimate of drug-likeness (QED) is 0.893. The highest BCUT2D eigenvalue weighted by molar-refractivity contribution is 7.92. The molecule has 1 saturated heterocycles. The third kappa shape index (κ3) is 4.20. The molecular weight excluding hydrogens is 302 g/mol. The first kappa shape index (κ1) is 16.8. The van der Waals surface area contributed by atoms with Crippen LogP contribution in [0.1, 0.15) is 23.2 Å². The molecule has 1 fully saturated rings. The molecule has 2 rings (SSSR count). The number of nitrogens with zero attached hydrogens (tertiary/aromatic N) is 2. The summed E-state index contributed by atoms with van der Waals surface area (Å²) < 4.78 is 24.3. The van der Waals surface area contributed by atoms with Crippen molar-refractivity contribution in [3.05, 3.63) is 29.8 Å². The van der Waals surface area contributed by atoms with Crippen molar-refractivity contribution in [1.29, 1.82) is 0 Å². The van der Waals surface area contributed by atoms with E-state index in [1.54, 1.807) is 24.3 Å². The van der Waals surface area contributed by atoms with Gasteiger partial charge in [-0.2, -0.15) is 0 Å². The summed E-state index contributed by atoms with van der Waals surface area (Å²) in [5.41, 5.74) is 0.963. The maximum Gasteiger partial charge on any atom is 0.251 e. The molecule has 0 unspecified atom stereocenters. The minimum atomic E-state index is -3.34. The van der Waals surface area contributed by atoms with Crippen LogP contribution >= 0.6 is 0 Å². The molecule has 6 nitrogen and oxygen atoms in total. The lowest BCUT2D eigenvalue weighted by molar-refractivity contribution is 0.0917. The Bertz CT molecular complexity index is 637. The summed E-state index contributed by atoms with van der Waals surface area (Å²) in [6, 6.07) is 6.85. The van der Waals surface area contributed by atoms with E-state index in [4.69, 9.17) is 0 Å². The fraction of sp³-hybridized carbons (Fsp3) is 0.533. The van der Waals surface area contributed by atoms with Crippen molar-refractivity contribution in [3.63, 3.8) is 0 Å². The normalized spacial score (nSPS) is 17.2. The SMILES string of the molecule is CN1CCC(NC(=O)c2cccc(N(C)S(C)(=O)=O)c2)CC1. The molecule has 7 heteroatoms. The highest BCUT2D eigenvalue weighted by Gasteiger charge is 2.20. The second-order valence-corrected chi connectivity index (χ2v) is 7.85. The number of likely N-dealkylation sites (tertiary alicyclic amines) is 1. The van der Waals surface area contributed by atoms with Gasteiger partial charge in [-0.05, 0) is 51.2 Å².